The molecule has 1 aromatic heterocycles. The molecule has 3 nitrogen and oxygen atoms in total. The Labute approximate surface area is 105 Å². The Balaban J connectivity index is 2.02. The number of benzene rings is 1. The van der Waals surface area contributed by atoms with Crippen LogP contribution in [0.15, 0.2) is 18.2 Å². The van der Waals surface area contributed by atoms with Crippen LogP contribution >= 0.6 is 11.6 Å². The molecule has 0 amide bonds. The first kappa shape index (κ1) is 10.8. The van der Waals surface area contributed by atoms with E-state index in [2.05, 4.69) is 9.97 Å². The van der Waals surface area contributed by atoms with Crippen LogP contribution in [0.1, 0.15) is 25.1 Å². The molecule has 17 heavy (non-hydrogen) atoms. The van der Waals surface area contributed by atoms with E-state index in [4.69, 9.17) is 17.3 Å². The molecule has 0 radical (unpaired) electrons. The number of nitrogen functional groups attached to an aromatic ring is 1. The maximum Gasteiger partial charge on any atom is 0.135 e. The molecule has 0 saturated heterocycles. The maximum atomic E-state index is 5.97. The summed E-state index contributed by atoms with van der Waals surface area (Å²) < 4.78 is 0. The SMILES string of the molecule is Nc1nc(CC2CCC2)nc2cc(Cl)ccc12. The Morgan fingerprint density at radius 2 is 2.12 bits per heavy atom. The lowest BCUT2D eigenvalue weighted by Crippen LogP contribution is -2.16. The van der Waals surface area contributed by atoms with Crippen molar-refractivity contribution in [2.24, 2.45) is 5.92 Å². The molecule has 1 aromatic carbocycles. The van der Waals surface area contributed by atoms with E-state index in [1.807, 2.05) is 18.2 Å². The summed E-state index contributed by atoms with van der Waals surface area (Å²) in [5.41, 5.74) is 6.79. The number of aromatic nitrogens is 2. The summed E-state index contributed by atoms with van der Waals surface area (Å²) in [5, 5.41) is 1.57. The van der Waals surface area contributed by atoms with Crippen molar-refractivity contribution in [3.05, 3.63) is 29.0 Å². The number of hydrogen-bond acceptors (Lipinski definition) is 3. The second-order valence-corrected chi connectivity index (χ2v) is 5.12. The second kappa shape index (κ2) is 4.15. The largest absolute Gasteiger partial charge is 0.383 e. The topological polar surface area (TPSA) is 51.8 Å². The summed E-state index contributed by atoms with van der Waals surface area (Å²) in [7, 11) is 0. The molecule has 0 atom stereocenters. The molecule has 1 fully saturated rings. The lowest BCUT2D eigenvalue weighted by atomic mass is 9.83. The van der Waals surface area contributed by atoms with Crippen molar-refractivity contribution in [2.45, 2.75) is 25.7 Å². The van der Waals surface area contributed by atoms with Crippen LogP contribution in [0.3, 0.4) is 0 Å². The zero-order valence-electron chi connectivity index (χ0n) is 9.49. The van der Waals surface area contributed by atoms with Crippen LogP contribution in [-0.2, 0) is 6.42 Å². The Bertz CT molecular complexity index is 564. The summed E-state index contributed by atoms with van der Waals surface area (Å²) >= 11 is 5.97. The van der Waals surface area contributed by atoms with E-state index in [1.54, 1.807) is 0 Å². The third kappa shape index (κ3) is 2.07. The Morgan fingerprint density at radius 3 is 2.82 bits per heavy atom. The molecule has 1 aliphatic rings. The van der Waals surface area contributed by atoms with Crippen LogP contribution in [0.4, 0.5) is 5.82 Å². The van der Waals surface area contributed by atoms with Crippen molar-refractivity contribution in [3.8, 4) is 0 Å². The summed E-state index contributed by atoms with van der Waals surface area (Å²) in [6, 6.07) is 5.54. The van der Waals surface area contributed by atoms with Gasteiger partial charge >= 0.3 is 0 Å². The summed E-state index contributed by atoms with van der Waals surface area (Å²) in [6.45, 7) is 0. The maximum absolute atomic E-state index is 5.97. The van der Waals surface area contributed by atoms with Crippen LogP contribution in [0.2, 0.25) is 5.02 Å². The molecule has 1 aliphatic carbocycles. The molecule has 0 spiro atoms. The number of anilines is 1. The fourth-order valence-corrected chi connectivity index (χ4v) is 2.39. The van der Waals surface area contributed by atoms with Crippen molar-refractivity contribution in [1.29, 1.82) is 0 Å². The van der Waals surface area contributed by atoms with E-state index in [0.717, 1.165) is 29.1 Å². The molecular formula is C13H14ClN3. The zero-order valence-corrected chi connectivity index (χ0v) is 10.2. The Hall–Kier alpha value is -1.35. The van der Waals surface area contributed by atoms with Gasteiger partial charge in [-0.3, -0.25) is 0 Å². The average Bonchev–Trinajstić information content (AvgIpc) is 2.23. The van der Waals surface area contributed by atoms with Crippen LogP contribution in [-0.4, -0.2) is 9.97 Å². The van der Waals surface area contributed by atoms with Crippen LogP contribution in [0.25, 0.3) is 10.9 Å². The lowest BCUT2D eigenvalue weighted by Gasteiger charge is -2.24. The first-order chi connectivity index (χ1) is 8.22. The number of fused-ring (bicyclic) bond motifs is 1. The highest BCUT2D eigenvalue weighted by atomic mass is 35.5. The third-order valence-corrected chi connectivity index (χ3v) is 3.67. The monoisotopic (exact) mass is 247 g/mol. The van der Waals surface area contributed by atoms with Gasteiger partial charge in [0.25, 0.3) is 0 Å². The van der Waals surface area contributed by atoms with E-state index in [9.17, 15) is 0 Å². The minimum absolute atomic E-state index is 0.556. The van der Waals surface area contributed by atoms with Gasteiger partial charge in [-0.05, 0) is 24.1 Å². The Kier molecular flexibility index (Phi) is 2.63. The predicted molar refractivity (Wildman–Crippen MR) is 70.0 cm³/mol. The molecule has 2 N–H and O–H groups in total. The number of rotatable bonds is 2. The van der Waals surface area contributed by atoms with E-state index < -0.39 is 0 Å². The van der Waals surface area contributed by atoms with Gasteiger partial charge in [-0.1, -0.05) is 30.9 Å². The molecule has 88 valence electrons. The average molecular weight is 248 g/mol. The van der Waals surface area contributed by atoms with Gasteiger partial charge in [0.1, 0.15) is 11.6 Å². The van der Waals surface area contributed by atoms with Gasteiger partial charge in [0.05, 0.1) is 5.52 Å². The second-order valence-electron chi connectivity index (χ2n) is 4.69. The van der Waals surface area contributed by atoms with E-state index in [1.165, 1.54) is 19.3 Å². The predicted octanol–water partition coefficient (Wildman–Crippen LogP) is 3.21. The number of hydrogen-bond donors (Lipinski definition) is 1. The van der Waals surface area contributed by atoms with Crippen molar-refractivity contribution >= 4 is 28.3 Å². The van der Waals surface area contributed by atoms with Crippen molar-refractivity contribution in [1.82, 2.24) is 9.97 Å². The molecule has 0 bridgehead atoms. The van der Waals surface area contributed by atoms with Crippen LogP contribution in [0, 0.1) is 5.92 Å². The first-order valence-corrected chi connectivity index (χ1v) is 6.32. The normalized spacial score (nSPS) is 16.1. The number of halogens is 1. The van der Waals surface area contributed by atoms with Crippen molar-refractivity contribution in [3.63, 3.8) is 0 Å². The molecule has 3 rings (SSSR count). The van der Waals surface area contributed by atoms with Crippen LogP contribution < -0.4 is 5.73 Å². The molecule has 0 unspecified atom stereocenters. The lowest BCUT2D eigenvalue weighted by molar-refractivity contribution is 0.309. The summed E-state index contributed by atoms with van der Waals surface area (Å²) in [5.74, 6) is 2.15. The molecule has 2 aromatic rings. The minimum Gasteiger partial charge on any atom is -0.383 e. The van der Waals surface area contributed by atoms with Crippen molar-refractivity contribution < 1.29 is 0 Å². The van der Waals surface area contributed by atoms with Gasteiger partial charge in [-0.15, -0.1) is 0 Å². The Morgan fingerprint density at radius 1 is 1.29 bits per heavy atom. The van der Waals surface area contributed by atoms with Gasteiger partial charge in [0, 0.05) is 16.8 Å². The van der Waals surface area contributed by atoms with Crippen molar-refractivity contribution in [2.75, 3.05) is 5.73 Å². The molecule has 1 heterocycles. The number of nitrogens with zero attached hydrogens (tertiary/aromatic N) is 2. The standard InChI is InChI=1S/C13H14ClN3/c14-9-4-5-10-11(7-9)16-12(17-13(10)15)6-8-2-1-3-8/h4-5,7-8H,1-3,6H2,(H2,15,16,17). The summed E-state index contributed by atoms with van der Waals surface area (Å²) in [6.07, 6.45) is 4.85. The highest BCUT2D eigenvalue weighted by Crippen LogP contribution is 2.30. The first-order valence-electron chi connectivity index (χ1n) is 5.94. The van der Waals surface area contributed by atoms with E-state index in [0.29, 0.717) is 10.8 Å². The minimum atomic E-state index is 0.556. The molecular weight excluding hydrogens is 234 g/mol. The van der Waals surface area contributed by atoms with Crippen LogP contribution in [0.5, 0.6) is 0 Å². The van der Waals surface area contributed by atoms with Gasteiger partial charge in [-0.2, -0.15) is 0 Å². The molecule has 0 aliphatic heterocycles. The van der Waals surface area contributed by atoms with Gasteiger partial charge in [0.15, 0.2) is 0 Å². The van der Waals surface area contributed by atoms with E-state index in [-0.39, 0.29) is 0 Å². The fraction of sp³-hybridized carbons (Fsp3) is 0.385. The summed E-state index contributed by atoms with van der Waals surface area (Å²) in [4.78, 5) is 8.92. The highest BCUT2D eigenvalue weighted by molar-refractivity contribution is 6.31. The molecule has 1 saturated carbocycles. The number of nitrogens with two attached hydrogens (primary N) is 1. The highest BCUT2D eigenvalue weighted by Gasteiger charge is 2.19. The third-order valence-electron chi connectivity index (χ3n) is 3.43. The van der Waals surface area contributed by atoms with Gasteiger partial charge < -0.3 is 5.73 Å². The molecule has 4 heteroatoms. The smallest absolute Gasteiger partial charge is 0.135 e. The quantitative estimate of drug-likeness (QED) is 0.887. The van der Waals surface area contributed by atoms with E-state index >= 15 is 0 Å². The zero-order chi connectivity index (χ0) is 11.8. The van der Waals surface area contributed by atoms with Gasteiger partial charge in [-0.25, -0.2) is 9.97 Å². The van der Waals surface area contributed by atoms with Gasteiger partial charge in [0.2, 0.25) is 0 Å². The fourth-order valence-electron chi connectivity index (χ4n) is 2.22.